The van der Waals surface area contributed by atoms with Gasteiger partial charge >= 0.3 is 12.1 Å². The molecule has 0 unspecified atom stereocenters. The van der Waals surface area contributed by atoms with E-state index in [0.717, 1.165) is 6.07 Å². The summed E-state index contributed by atoms with van der Waals surface area (Å²) in [6, 6.07) is 1.64. The van der Waals surface area contributed by atoms with Crippen LogP contribution in [0.5, 0.6) is 0 Å². The van der Waals surface area contributed by atoms with Crippen molar-refractivity contribution in [3.8, 4) is 0 Å². The van der Waals surface area contributed by atoms with Crippen molar-refractivity contribution < 1.29 is 26.7 Å². The molecule has 0 aliphatic rings. The van der Waals surface area contributed by atoms with Gasteiger partial charge in [-0.25, -0.2) is 9.50 Å². The summed E-state index contributed by atoms with van der Waals surface area (Å²) < 4.78 is 68.5. The Morgan fingerprint density at radius 1 is 1.20 bits per heavy atom. The van der Waals surface area contributed by atoms with Crippen molar-refractivity contribution in [3.63, 3.8) is 0 Å². The van der Waals surface area contributed by atoms with Crippen LogP contribution >= 0.6 is 11.6 Å². The van der Waals surface area contributed by atoms with Crippen LogP contribution in [0, 0.1) is 6.92 Å². The maximum Gasteiger partial charge on any atom is 0.459 e. The molecule has 3 rings (SSSR count). The van der Waals surface area contributed by atoms with Crippen molar-refractivity contribution in [2.45, 2.75) is 39.0 Å². The van der Waals surface area contributed by atoms with Crippen molar-refractivity contribution >= 4 is 23.2 Å². The van der Waals surface area contributed by atoms with E-state index >= 15 is 0 Å². The Kier molecular flexibility index (Phi) is 5.48. The quantitative estimate of drug-likeness (QED) is 0.554. The number of alkyl halides is 5. The Bertz CT molecular complexity index is 1110. The van der Waals surface area contributed by atoms with E-state index in [1.807, 2.05) is 6.92 Å². The fraction of sp³-hybridized carbons (Fsp3) is 0.412. The molecule has 0 fully saturated rings. The van der Waals surface area contributed by atoms with Gasteiger partial charge in [-0.1, -0.05) is 11.6 Å². The largest absolute Gasteiger partial charge is 0.459 e. The number of halogens is 6. The summed E-state index contributed by atoms with van der Waals surface area (Å²) in [5.41, 5.74) is -1.76. The minimum absolute atomic E-state index is 0.0173. The van der Waals surface area contributed by atoms with Crippen molar-refractivity contribution in [3.05, 3.63) is 46.1 Å². The third-order valence-corrected chi connectivity index (χ3v) is 4.61. The monoisotopic (exact) mass is 450 g/mol. The van der Waals surface area contributed by atoms with Crippen LogP contribution in [0.4, 0.5) is 22.0 Å². The van der Waals surface area contributed by atoms with Crippen LogP contribution in [0.15, 0.2) is 18.3 Å². The van der Waals surface area contributed by atoms with E-state index in [0.29, 0.717) is 27.8 Å². The lowest BCUT2D eigenvalue weighted by Crippen LogP contribution is -2.36. The molecule has 0 spiro atoms. The third kappa shape index (κ3) is 3.83. The average Bonchev–Trinajstić information content (AvgIpc) is 3.22. The molecule has 0 aromatic carbocycles. The van der Waals surface area contributed by atoms with E-state index in [2.05, 4.69) is 15.2 Å². The van der Waals surface area contributed by atoms with Gasteiger partial charge in [-0.05, 0) is 19.9 Å². The molecule has 30 heavy (non-hydrogen) atoms. The van der Waals surface area contributed by atoms with E-state index in [4.69, 9.17) is 11.6 Å². The summed E-state index contributed by atoms with van der Waals surface area (Å²) in [7, 11) is 1.40. The zero-order valence-electron chi connectivity index (χ0n) is 16.0. The molecule has 3 heterocycles. The Balaban J connectivity index is 1.97. The molecule has 0 saturated heterocycles. The minimum Gasteiger partial charge on any atom is -0.334 e. The van der Waals surface area contributed by atoms with E-state index in [1.165, 1.54) is 18.9 Å². The minimum atomic E-state index is -5.84. The molecule has 1 amide bonds. The smallest absolute Gasteiger partial charge is 0.334 e. The molecule has 162 valence electrons. The van der Waals surface area contributed by atoms with E-state index in [1.54, 1.807) is 10.9 Å². The number of amides is 1. The first-order valence-electron chi connectivity index (χ1n) is 8.65. The Morgan fingerprint density at radius 2 is 1.87 bits per heavy atom. The molecule has 0 N–H and O–H groups in total. The zero-order chi connectivity index (χ0) is 22.4. The Morgan fingerprint density at radius 3 is 2.43 bits per heavy atom. The average molecular weight is 451 g/mol. The third-order valence-electron chi connectivity index (χ3n) is 4.30. The number of hydrogen-bond acceptors (Lipinski definition) is 4. The summed E-state index contributed by atoms with van der Waals surface area (Å²) in [6.45, 7) is 3.66. The van der Waals surface area contributed by atoms with Crippen LogP contribution < -0.4 is 0 Å². The van der Waals surface area contributed by atoms with Gasteiger partial charge in [-0.2, -0.15) is 32.1 Å². The summed E-state index contributed by atoms with van der Waals surface area (Å²) in [5, 5.41) is 8.19. The molecule has 7 nitrogen and oxygen atoms in total. The van der Waals surface area contributed by atoms with Gasteiger partial charge in [0.05, 0.1) is 11.6 Å². The Hall–Kier alpha value is -2.76. The van der Waals surface area contributed by atoms with E-state index < -0.39 is 23.7 Å². The maximum absolute atomic E-state index is 14.0. The fourth-order valence-electron chi connectivity index (χ4n) is 2.77. The fourth-order valence-corrected chi connectivity index (χ4v) is 2.98. The summed E-state index contributed by atoms with van der Waals surface area (Å²) >= 11 is 6.07. The van der Waals surface area contributed by atoms with Crippen molar-refractivity contribution in [2.75, 3.05) is 7.05 Å². The van der Waals surface area contributed by atoms with Crippen molar-refractivity contribution in [2.24, 2.45) is 0 Å². The van der Waals surface area contributed by atoms with Crippen LogP contribution in [-0.4, -0.2) is 48.4 Å². The lowest BCUT2D eigenvalue weighted by Gasteiger charge is -2.20. The predicted octanol–water partition coefficient (Wildman–Crippen LogP) is 3.83. The molecule has 0 atom stereocenters. The van der Waals surface area contributed by atoms with Gasteiger partial charge in [-0.15, -0.1) is 0 Å². The second-order valence-corrected chi connectivity index (χ2v) is 7.00. The molecular weight excluding hydrogens is 435 g/mol. The van der Waals surface area contributed by atoms with Gasteiger partial charge in [0, 0.05) is 31.5 Å². The van der Waals surface area contributed by atoms with Crippen molar-refractivity contribution in [1.29, 1.82) is 0 Å². The molecule has 0 aliphatic carbocycles. The number of rotatable bonds is 5. The van der Waals surface area contributed by atoms with Gasteiger partial charge in [0.25, 0.3) is 5.91 Å². The first kappa shape index (κ1) is 21.9. The van der Waals surface area contributed by atoms with Crippen LogP contribution in [0.1, 0.15) is 34.5 Å². The standard InChI is InChI=1S/C17H16ClF5N6O/c1-4-28-7-10(18)12(25-28)8-27(3)15(30)11-6-14-24-9(2)5-13(29(14)26-11)16(19,20)17(21,22)23/h5-7H,4,8H2,1-3H3. The molecule has 0 bridgehead atoms. The zero-order valence-corrected chi connectivity index (χ0v) is 16.8. The van der Waals surface area contributed by atoms with Gasteiger partial charge in [0.15, 0.2) is 11.3 Å². The number of hydrogen-bond donors (Lipinski definition) is 0. The van der Waals surface area contributed by atoms with Gasteiger partial charge in [0.2, 0.25) is 0 Å². The molecule has 0 aliphatic heterocycles. The highest BCUT2D eigenvalue weighted by molar-refractivity contribution is 6.31. The Labute approximate surface area is 172 Å². The number of carbonyl (C=O) groups is 1. The molecule has 3 aromatic rings. The normalized spacial score (nSPS) is 12.6. The topological polar surface area (TPSA) is 68.3 Å². The van der Waals surface area contributed by atoms with Gasteiger partial charge in [-0.3, -0.25) is 9.48 Å². The highest BCUT2D eigenvalue weighted by Gasteiger charge is 2.60. The summed E-state index contributed by atoms with van der Waals surface area (Å²) in [4.78, 5) is 17.8. The molecule has 0 radical (unpaired) electrons. The number of aromatic nitrogens is 5. The first-order valence-corrected chi connectivity index (χ1v) is 9.02. The van der Waals surface area contributed by atoms with Crippen molar-refractivity contribution in [1.82, 2.24) is 29.3 Å². The summed E-state index contributed by atoms with van der Waals surface area (Å²) in [6.07, 6.45) is -4.26. The molecule has 3 aromatic heterocycles. The number of fused-ring (bicyclic) bond motifs is 1. The molecule has 13 heteroatoms. The second kappa shape index (κ2) is 7.49. The number of carbonyl (C=O) groups excluding carboxylic acids is 1. The van der Waals surface area contributed by atoms with Crippen LogP contribution in [0.2, 0.25) is 5.02 Å². The number of aryl methyl sites for hydroxylation is 2. The lowest BCUT2D eigenvalue weighted by molar-refractivity contribution is -0.291. The van der Waals surface area contributed by atoms with Crippen LogP contribution in [-0.2, 0) is 19.0 Å². The van der Waals surface area contributed by atoms with E-state index in [-0.39, 0.29) is 23.6 Å². The highest BCUT2D eigenvalue weighted by atomic mass is 35.5. The molecular formula is C17H16ClF5N6O. The van der Waals surface area contributed by atoms with Crippen LogP contribution in [0.25, 0.3) is 5.65 Å². The molecule has 0 saturated carbocycles. The number of nitrogens with zero attached hydrogens (tertiary/aromatic N) is 6. The van der Waals surface area contributed by atoms with Gasteiger partial charge < -0.3 is 4.90 Å². The van der Waals surface area contributed by atoms with Crippen LogP contribution in [0.3, 0.4) is 0 Å². The second-order valence-electron chi connectivity index (χ2n) is 6.60. The van der Waals surface area contributed by atoms with E-state index in [9.17, 15) is 26.7 Å². The first-order chi connectivity index (χ1) is 13.8. The predicted molar refractivity (Wildman–Crippen MR) is 96.4 cm³/mol. The lowest BCUT2D eigenvalue weighted by atomic mass is 10.2. The van der Waals surface area contributed by atoms with Gasteiger partial charge in [0.1, 0.15) is 11.4 Å². The maximum atomic E-state index is 14.0. The summed E-state index contributed by atoms with van der Waals surface area (Å²) in [5.74, 6) is -5.90. The highest BCUT2D eigenvalue weighted by Crippen LogP contribution is 2.43. The SMILES string of the molecule is CCn1cc(Cl)c(CN(C)C(=O)c2cc3nc(C)cc(C(F)(F)C(F)(F)F)n3n2)n1.